The summed E-state index contributed by atoms with van der Waals surface area (Å²) < 4.78 is 20.4. The number of carbonyl (C=O) groups is 1. The zero-order chi connectivity index (χ0) is 14.5. The normalized spacial score (nSPS) is 10.9. The van der Waals surface area contributed by atoms with E-state index >= 15 is 0 Å². The molecule has 0 aliphatic carbocycles. The lowest BCUT2D eigenvalue weighted by atomic mass is 10.2. The van der Waals surface area contributed by atoms with Crippen LogP contribution in [0.5, 0.6) is 5.75 Å². The SMILES string of the molecule is Cn1cc(COc2ccc(F)cc2/C=C/C(=O)O)cn1. The van der Waals surface area contributed by atoms with Crippen LogP contribution in [-0.2, 0) is 18.4 Å². The van der Waals surface area contributed by atoms with Gasteiger partial charge in [0.25, 0.3) is 0 Å². The predicted molar refractivity (Wildman–Crippen MR) is 70.6 cm³/mol. The van der Waals surface area contributed by atoms with Crippen LogP contribution in [0.15, 0.2) is 36.7 Å². The molecule has 2 aromatic rings. The number of benzene rings is 1. The number of halogens is 1. The lowest BCUT2D eigenvalue weighted by molar-refractivity contribution is -0.131. The Morgan fingerprint density at radius 1 is 1.55 bits per heavy atom. The van der Waals surface area contributed by atoms with Crippen LogP contribution in [0.4, 0.5) is 4.39 Å². The van der Waals surface area contributed by atoms with Crippen molar-refractivity contribution in [1.29, 1.82) is 0 Å². The molecule has 20 heavy (non-hydrogen) atoms. The maximum atomic E-state index is 13.2. The van der Waals surface area contributed by atoms with Crippen molar-refractivity contribution in [2.45, 2.75) is 6.61 Å². The van der Waals surface area contributed by atoms with Crippen LogP contribution in [0.2, 0.25) is 0 Å². The molecule has 0 radical (unpaired) electrons. The van der Waals surface area contributed by atoms with Crippen molar-refractivity contribution in [3.8, 4) is 5.75 Å². The minimum absolute atomic E-state index is 0.271. The van der Waals surface area contributed by atoms with Gasteiger partial charge in [0.05, 0.1) is 6.20 Å². The maximum absolute atomic E-state index is 13.2. The molecule has 5 nitrogen and oxygen atoms in total. The number of aliphatic carboxylic acids is 1. The van der Waals surface area contributed by atoms with Crippen LogP contribution in [0.3, 0.4) is 0 Å². The van der Waals surface area contributed by atoms with E-state index < -0.39 is 11.8 Å². The van der Waals surface area contributed by atoms with Gasteiger partial charge in [-0.15, -0.1) is 0 Å². The Kier molecular flexibility index (Phi) is 4.14. The van der Waals surface area contributed by atoms with Crippen molar-refractivity contribution in [1.82, 2.24) is 9.78 Å². The molecule has 0 bridgehead atoms. The maximum Gasteiger partial charge on any atom is 0.328 e. The zero-order valence-electron chi connectivity index (χ0n) is 10.8. The second-order valence-electron chi connectivity index (χ2n) is 4.16. The third-order valence-electron chi connectivity index (χ3n) is 2.53. The summed E-state index contributed by atoms with van der Waals surface area (Å²) in [4.78, 5) is 10.5. The fraction of sp³-hybridized carbons (Fsp3) is 0.143. The highest BCUT2D eigenvalue weighted by molar-refractivity contribution is 5.85. The summed E-state index contributed by atoms with van der Waals surface area (Å²) in [6, 6.07) is 3.95. The smallest absolute Gasteiger partial charge is 0.328 e. The first kappa shape index (κ1) is 13.8. The molecule has 0 aliphatic rings. The largest absolute Gasteiger partial charge is 0.488 e. The van der Waals surface area contributed by atoms with Crippen molar-refractivity contribution >= 4 is 12.0 Å². The van der Waals surface area contributed by atoms with Gasteiger partial charge in [-0.1, -0.05) is 0 Å². The summed E-state index contributed by atoms with van der Waals surface area (Å²) in [5, 5.41) is 12.6. The van der Waals surface area contributed by atoms with Crippen molar-refractivity contribution in [3.63, 3.8) is 0 Å². The van der Waals surface area contributed by atoms with Gasteiger partial charge in [-0.25, -0.2) is 9.18 Å². The highest BCUT2D eigenvalue weighted by Crippen LogP contribution is 2.22. The van der Waals surface area contributed by atoms with Crippen molar-refractivity contribution < 1.29 is 19.0 Å². The summed E-state index contributed by atoms with van der Waals surface area (Å²) in [5.41, 5.74) is 1.24. The van der Waals surface area contributed by atoms with E-state index in [1.165, 1.54) is 24.3 Å². The average molecular weight is 276 g/mol. The summed E-state index contributed by atoms with van der Waals surface area (Å²) in [6.45, 7) is 0.271. The second-order valence-corrected chi connectivity index (χ2v) is 4.16. The Balaban J connectivity index is 2.15. The third kappa shape index (κ3) is 3.68. The third-order valence-corrected chi connectivity index (χ3v) is 2.53. The molecule has 0 unspecified atom stereocenters. The quantitative estimate of drug-likeness (QED) is 0.851. The van der Waals surface area contributed by atoms with Crippen LogP contribution < -0.4 is 4.74 Å². The summed E-state index contributed by atoms with van der Waals surface area (Å²) in [6.07, 6.45) is 5.70. The topological polar surface area (TPSA) is 64.3 Å². The molecule has 0 saturated heterocycles. The van der Waals surface area contributed by atoms with E-state index in [0.29, 0.717) is 11.3 Å². The van der Waals surface area contributed by atoms with Crippen LogP contribution in [0, 0.1) is 5.82 Å². The van der Waals surface area contributed by atoms with Gasteiger partial charge >= 0.3 is 5.97 Å². The Morgan fingerprint density at radius 2 is 2.35 bits per heavy atom. The minimum atomic E-state index is -1.10. The molecule has 0 aliphatic heterocycles. The number of rotatable bonds is 5. The number of hydrogen-bond acceptors (Lipinski definition) is 3. The van der Waals surface area contributed by atoms with Gasteiger partial charge in [0, 0.05) is 30.4 Å². The van der Waals surface area contributed by atoms with Gasteiger partial charge in [0.1, 0.15) is 18.2 Å². The van der Waals surface area contributed by atoms with Crippen molar-refractivity contribution in [2.24, 2.45) is 7.05 Å². The molecule has 0 spiro atoms. The summed E-state index contributed by atoms with van der Waals surface area (Å²) >= 11 is 0. The van der Waals surface area contributed by atoms with E-state index in [0.717, 1.165) is 11.6 Å². The number of aromatic nitrogens is 2. The van der Waals surface area contributed by atoms with Crippen LogP contribution in [0.1, 0.15) is 11.1 Å². The van der Waals surface area contributed by atoms with Gasteiger partial charge in [-0.2, -0.15) is 5.10 Å². The highest BCUT2D eigenvalue weighted by atomic mass is 19.1. The number of carboxylic acid groups (broad SMARTS) is 1. The first-order chi connectivity index (χ1) is 9.54. The lowest BCUT2D eigenvalue weighted by Gasteiger charge is -2.08. The fourth-order valence-corrected chi connectivity index (χ4v) is 1.65. The summed E-state index contributed by atoms with van der Waals surface area (Å²) in [5.74, 6) is -1.15. The van der Waals surface area contributed by atoms with Crippen LogP contribution in [0.25, 0.3) is 6.08 Å². The van der Waals surface area contributed by atoms with Gasteiger partial charge in [-0.3, -0.25) is 4.68 Å². The van der Waals surface area contributed by atoms with Crippen LogP contribution in [-0.4, -0.2) is 20.9 Å². The van der Waals surface area contributed by atoms with E-state index in [9.17, 15) is 9.18 Å². The molecule has 6 heteroatoms. The Morgan fingerprint density at radius 3 is 3.00 bits per heavy atom. The molecule has 1 heterocycles. The van der Waals surface area contributed by atoms with Gasteiger partial charge in [0.2, 0.25) is 0 Å². The molecule has 0 saturated carbocycles. The molecule has 2 rings (SSSR count). The predicted octanol–water partition coefficient (Wildman–Crippen LogP) is 2.24. The fourth-order valence-electron chi connectivity index (χ4n) is 1.65. The van der Waals surface area contributed by atoms with Crippen molar-refractivity contribution in [3.05, 3.63) is 53.6 Å². The van der Waals surface area contributed by atoms with Crippen molar-refractivity contribution in [2.75, 3.05) is 0 Å². The second kappa shape index (κ2) is 6.01. The molecule has 0 atom stereocenters. The van der Waals surface area contributed by atoms with E-state index in [4.69, 9.17) is 9.84 Å². The highest BCUT2D eigenvalue weighted by Gasteiger charge is 2.05. The van der Waals surface area contributed by atoms with Gasteiger partial charge in [0.15, 0.2) is 0 Å². The zero-order valence-corrected chi connectivity index (χ0v) is 10.8. The molecule has 104 valence electrons. The Hall–Kier alpha value is -2.63. The van der Waals surface area contributed by atoms with E-state index in [1.807, 2.05) is 0 Å². The molecule has 1 aromatic heterocycles. The molecule has 0 fully saturated rings. The average Bonchev–Trinajstić information content (AvgIpc) is 2.81. The molecular formula is C14H13FN2O3. The molecular weight excluding hydrogens is 263 g/mol. The van der Waals surface area contributed by atoms with Gasteiger partial charge in [-0.05, 0) is 24.3 Å². The first-order valence-corrected chi connectivity index (χ1v) is 5.85. The number of aryl methyl sites for hydroxylation is 1. The van der Waals surface area contributed by atoms with E-state index in [-0.39, 0.29) is 6.61 Å². The standard InChI is InChI=1S/C14H13FN2O3/c1-17-8-10(7-16-17)9-20-13-4-3-12(15)6-11(13)2-5-14(18)19/h2-8H,9H2,1H3,(H,18,19)/b5-2+. The minimum Gasteiger partial charge on any atom is -0.488 e. The Bertz CT molecular complexity index is 650. The van der Waals surface area contributed by atoms with E-state index in [1.54, 1.807) is 24.1 Å². The monoisotopic (exact) mass is 276 g/mol. The number of ether oxygens (including phenoxy) is 1. The lowest BCUT2D eigenvalue weighted by Crippen LogP contribution is -1.97. The first-order valence-electron chi connectivity index (χ1n) is 5.85. The molecule has 1 aromatic carbocycles. The number of hydrogen-bond donors (Lipinski definition) is 1. The number of nitrogens with zero attached hydrogens (tertiary/aromatic N) is 2. The molecule has 0 amide bonds. The molecule has 1 N–H and O–H groups in total. The van der Waals surface area contributed by atoms with E-state index in [2.05, 4.69) is 5.10 Å². The Labute approximate surface area is 114 Å². The summed E-state index contributed by atoms with van der Waals surface area (Å²) in [7, 11) is 1.79. The van der Waals surface area contributed by atoms with Gasteiger partial charge < -0.3 is 9.84 Å². The number of carboxylic acids is 1. The van der Waals surface area contributed by atoms with Crippen LogP contribution >= 0.6 is 0 Å².